The van der Waals surface area contributed by atoms with Crippen molar-refractivity contribution in [3.63, 3.8) is 0 Å². The molecule has 2 N–H and O–H groups in total. The zero-order valence-corrected chi connectivity index (χ0v) is 12.5. The fourth-order valence-electron chi connectivity index (χ4n) is 2.43. The molecule has 0 bridgehead atoms. The maximum Gasteiger partial charge on any atom is 0.160 e. The SMILES string of the molecule is CCc1cnccc1-c1nc(C)c(CCCN)c(C)n1. The molecule has 0 saturated carbocycles. The van der Waals surface area contributed by atoms with Crippen molar-refractivity contribution in [3.05, 3.63) is 41.0 Å². The van der Waals surface area contributed by atoms with Crippen molar-refractivity contribution >= 4 is 0 Å². The Labute approximate surface area is 120 Å². The van der Waals surface area contributed by atoms with Gasteiger partial charge in [-0.15, -0.1) is 0 Å². The Morgan fingerprint density at radius 1 is 1.15 bits per heavy atom. The van der Waals surface area contributed by atoms with Crippen molar-refractivity contribution in [2.45, 2.75) is 40.0 Å². The van der Waals surface area contributed by atoms with Crippen molar-refractivity contribution < 1.29 is 0 Å². The Kier molecular flexibility index (Phi) is 4.79. The molecule has 0 amide bonds. The van der Waals surface area contributed by atoms with Crippen LogP contribution in [0.25, 0.3) is 11.4 Å². The molecule has 4 nitrogen and oxygen atoms in total. The van der Waals surface area contributed by atoms with Crippen LogP contribution in [0.2, 0.25) is 0 Å². The lowest BCUT2D eigenvalue weighted by atomic mass is 10.0. The van der Waals surface area contributed by atoms with Crippen LogP contribution in [0.1, 0.15) is 35.9 Å². The van der Waals surface area contributed by atoms with Crippen LogP contribution >= 0.6 is 0 Å². The van der Waals surface area contributed by atoms with Crippen LogP contribution in [0.3, 0.4) is 0 Å². The highest BCUT2D eigenvalue weighted by Gasteiger charge is 2.12. The lowest BCUT2D eigenvalue weighted by Crippen LogP contribution is -2.07. The topological polar surface area (TPSA) is 64.7 Å². The van der Waals surface area contributed by atoms with Gasteiger partial charge in [0.25, 0.3) is 0 Å². The summed E-state index contributed by atoms with van der Waals surface area (Å²) in [4.78, 5) is 13.5. The van der Waals surface area contributed by atoms with E-state index in [0.29, 0.717) is 6.54 Å². The summed E-state index contributed by atoms with van der Waals surface area (Å²) in [6.07, 6.45) is 6.54. The summed E-state index contributed by atoms with van der Waals surface area (Å²) >= 11 is 0. The molecule has 2 aromatic rings. The largest absolute Gasteiger partial charge is 0.330 e. The van der Waals surface area contributed by atoms with Gasteiger partial charge in [0.2, 0.25) is 0 Å². The third-order valence-electron chi connectivity index (χ3n) is 3.58. The summed E-state index contributed by atoms with van der Waals surface area (Å²) in [6.45, 7) is 6.93. The van der Waals surface area contributed by atoms with Gasteiger partial charge in [0.05, 0.1) is 0 Å². The highest BCUT2D eigenvalue weighted by molar-refractivity contribution is 5.59. The van der Waals surface area contributed by atoms with E-state index < -0.39 is 0 Å². The first-order chi connectivity index (χ1) is 9.67. The molecule has 0 aliphatic rings. The zero-order chi connectivity index (χ0) is 14.5. The number of pyridine rings is 1. The summed E-state index contributed by atoms with van der Waals surface area (Å²) in [5.41, 5.74) is 11.2. The molecule has 0 aliphatic carbocycles. The average molecular weight is 270 g/mol. The van der Waals surface area contributed by atoms with E-state index in [1.54, 1.807) is 6.20 Å². The molecule has 2 heterocycles. The van der Waals surface area contributed by atoms with Crippen LogP contribution in [0.5, 0.6) is 0 Å². The normalized spacial score (nSPS) is 10.8. The van der Waals surface area contributed by atoms with Crippen LogP contribution in [0, 0.1) is 13.8 Å². The molecule has 4 heteroatoms. The van der Waals surface area contributed by atoms with E-state index >= 15 is 0 Å². The van der Waals surface area contributed by atoms with Crippen molar-refractivity contribution in [1.82, 2.24) is 15.0 Å². The van der Waals surface area contributed by atoms with E-state index in [-0.39, 0.29) is 0 Å². The summed E-state index contributed by atoms with van der Waals surface area (Å²) in [5, 5.41) is 0. The number of nitrogens with two attached hydrogens (primary N) is 1. The van der Waals surface area contributed by atoms with Gasteiger partial charge in [-0.2, -0.15) is 0 Å². The van der Waals surface area contributed by atoms with Gasteiger partial charge < -0.3 is 5.73 Å². The fourth-order valence-corrected chi connectivity index (χ4v) is 2.43. The summed E-state index contributed by atoms with van der Waals surface area (Å²) in [5.74, 6) is 0.802. The highest BCUT2D eigenvalue weighted by atomic mass is 14.9. The van der Waals surface area contributed by atoms with E-state index in [9.17, 15) is 0 Å². The van der Waals surface area contributed by atoms with E-state index in [2.05, 4.69) is 35.7 Å². The smallest absolute Gasteiger partial charge is 0.160 e. The maximum absolute atomic E-state index is 5.59. The predicted octanol–water partition coefficient (Wildman–Crippen LogP) is 2.61. The molecule has 2 rings (SSSR count). The summed E-state index contributed by atoms with van der Waals surface area (Å²) in [7, 11) is 0. The molecule has 0 fully saturated rings. The molecule has 0 radical (unpaired) electrons. The molecule has 0 aromatic carbocycles. The van der Waals surface area contributed by atoms with Gasteiger partial charge in [-0.25, -0.2) is 9.97 Å². The number of nitrogens with zero attached hydrogens (tertiary/aromatic N) is 3. The molecule has 20 heavy (non-hydrogen) atoms. The molecule has 2 aromatic heterocycles. The minimum absolute atomic E-state index is 0.699. The maximum atomic E-state index is 5.59. The summed E-state index contributed by atoms with van der Waals surface area (Å²) < 4.78 is 0. The lowest BCUT2D eigenvalue weighted by Gasteiger charge is -2.12. The Morgan fingerprint density at radius 2 is 1.85 bits per heavy atom. The zero-order valence-electron chi connectivity index (χ0n) is 12.5. The molecular formula is C16H22N4. The number of rotatable bonds is 5. The van der Waals surface area contributed by atoms with Crippen molar-refractivity contribution in [2.75, 3.05) is 6.54 Å². The van der Waals surface area contributed by atoms with E-state index in [1.807, 2.05) is 12.3 Å². The standard InChI is InChI=1S/C16H22N4/c1-4-13-10-18-9-7-15(13)16-19-11(2)14(6-5-8-17)12(3)20-16/h7,9-10H,4-6,8,17H2,1-3H3. The van der Waals surface area contributed by atoms with Gasteiger partial charge in [0.15, 0.2) is 5.82 Å². The number of hydrogen-bond donors (Lipinski definition) is 1. The number of aromatic nitrogens is 3. The molecule has 0 aliphatic heterocycles. The Bertz CT molecular complexity index is 570. The second-order valence-electron chi connectivity index (χ2n) is 4.98. The van der Waals surface area contributed by atoms with Gasteiger partial charge in [-0.05, 0) is 56.8 Å². The van der Waals surface area contributed by atoms with Gasteiger partial charge in [0.1, 0.15) is 0 Å². The second kappa shape index (κ2) is 6.57. The summed E-state index contributed by atoms with van der Waals surface area (Å²) in [6, 6.07) is 1.99. The first kappa shape index (κ1) is 14.6. The Hall–Kier alpha value is -1.81. The number of aryl methyl sites for hydroxylation is 3. The third-order valence-corrected chi connectivity index (χ3v) is 3.58. The van der Waals surface area contributed by atoms with Crippen LogP contribution < -0.4 is 5.73 Å². The predicted molar refractivity (Wildman–Crippen MR) is 81.5 cm³/mol. The van der Waals surface area contributed by atoms with Crippen LogP contribution in [0.4, 0.5) is 0 Å². The molecule has 0 atom stereocenters. The van der Waals surface area contributed by atoms with Crippen LogP contribution in [-0.4, -0.2) is 21.5 Å². The molecule has 106 valence electrons. The monoisotopic (exact) mass is 270 g/mol. The van der Waals surface area contributed by atoms with Gasteiger partial charge in [0, 0.05) is 29.3 Å². The fraction of sp³-hybridized carbons (Fsp3) is 0.438. The van der Waals surface area contributed by atoms with Crippen molar-refractivity contribution in [1.29, 1.82) is 0 Å². The minimum atomic E-state index is 0.699. The van der Waals surface area contributed by atoms with E-state index in [4.69, 9.17) is 5.73 Å². The Morgan fingerprint density at radius 3 is 2.45 bits per heavy atom. The Balaban J connectivity index is 2.44. The molecular weight excluding hydrogens is 248 g/mol. The molecule has 0 spiro atoms. The van der Waals surface area contributed by atoms with Gasteiger partial charge >= 0.3 is 0 Å². The quantitative estimate of drug-likeness (QED) is 0.907. The lowest BCUT2D eigenvalue weighted by molar-refractivity contribution is 0.805. The third kappa shape index (κ3) is 3.02. The van der Waals surface area contributed by atoms with Crippen LogP contribution in [-0.2, 0) is 12.8 Å². The minimum Gasteiger partial charge on any atom is -0.330 e. The van der Waals surface area contributed by atoms with Crippen molar-refractivity contribution in [2.24, 2.45) is 5.73 Å². The van der Waals surface area contributed by atoms with E-state index in [1.165, 1.54) is 11.1 Å². The van der Waals surface area contributed by atoms with Gasteiger partial charge in [-0.3, -0.25) is 4.98 Å². The molecule has 0 unspecified atom stereocenters. The second-order valence-corrected chi connectivity index (χ2v) is 4.98. The van der Waals surface area contributed by atoms with Crippen molar-refractivity contribution in [3.8, 4) is 11.4 Å². The highest BCUT2D eigenvalue weighted by Crippen LogP contribution is 2.22. The van der Waals surface area contributed by atoms with Crippen LogP contribution in [0.15, 0.2) is 18.5 Å². The first-order valence-corrected chi connectivity index (χ1v) is 7.14. The molecule has 0 saturated heterocycles. The van der Waals surface area contributed by atoms with E-state index in [0.717, 1.165) is 42.0 Å². The van der Waals surface area contributed by atoms with Gasteiger partial charge in [-0.1, -0.05) is 6.92 Å². The average Bonchev–Trinajstić information content (AvgIpc) is 2.46. The first-order valence-electron chi connectivity index (χ1n) is 7.14. The number of hydrogen-bond acceptors (Lipinski definition) is 4.